The molecule has 1 aromatic rings. The molecule has 3 N–H and O–H groups in total. The Morgan fingerprint density at radius 1 is 1.04 bits per heavy atom. The molecule has 6 nitrogen and oxygen atoms in total. The highest BCUT2D eigenvalue weighted by molar-refractivity contribution is 14.0. The Labute approximate surface area is 181 Å². The van der Waals surface area contributed by atoms with Crippen LogP contribution in [-0.4, -0.2) is 44.0 Å². The quantitative estimate of drug-likeness (QED) is 0.249. The van der Waals surface area contributed by atoms with E-state index >= 15 is 0 Å². The monoisotopic (exact) mass is 493 g/mol. The second-order valence-electron chi connectivity index (χ2n) is 6.46. The van der Waals surface area contributed by atoms with Crippen molar-refractivity contribution in [2.45, 2.75) is 58.6 Å². The van der Waals surface area contributed by atoms with Gasteiger partial charge in [-0.3, -0.25) is 0 Å². The molecule has 27 heavy (non-hydrogen) atoms. The van der Waals surface area contributed by atoms with E-state index in [1.807, 2.05) is 25.1 Å². The minimum atomic E-state index is -0.691. The first-order valence-electron chi connectivity index (χ1n) is 9.47. The number of hydrogen-bond donors (Lipinski definition) is 3. The Balaban J connectivity index is 0.00000676. The fourth-order valence-electron chi connectivity index (χ4n) is 2.97. The van der Waals surface area contributed by atoms with Gasteiger partial charge in [0.25, 0.3) is 0 Å². The van der Waals surface area contributed by atoms with Crippen LogP contribution in [0.5, 0.6) is 11.5 Å². The van der Waals surface area contributed by atoms with Crippen LogP contribution in [0.25, 0.3) is 0 Å². The molecule has 0 saturated carbocycles. The second kappa shape index (κ2) is 13.9. The Kier molecular flexibility index (Phi) is 13.2. The number of rotatable bonds is 11. The molecule has 0 amide bonds. The molecule has 0 heterocycles. The lowest BCUT2D eigenvalue weighted by atomic mass is 9.93. The average molecular weight is 493 g/mol. The van der Waals surface area contributed by atoms with Crippen molar-refractivity contribution in [1.29, 1.82) is 0 Å². The van der Waals surface area contributed by atoms with Crippen LogP contribution < -0.4 is 20.1 Å². The largest absolute Gasteiger partial charge is 0.493 e. The van der Waals surface area contributed by atoms with Crippen LogP contribution in [0.3, 0.4) is 0 Å². The number of nitrogens with zero attached hydrogens (tertiary/aromatic N) is 1. The average Bonchev–Trinajstić information content (AvgIpc) is 2.64. The van der Waals surface area contributed by atoms with Crippen molar-refractivity contribution in [3.63, 3.8) is 0 Å². The van der Waals surface area contributed by atoms with Crippen LogP contribution >= 0.6 is 24.0 Å². The number of ether oxygens (including phenoxy) is 2. The molecule has 7 heteroatoms. The Morgan fingerprint density at radius 3 is 2.19 bits per heavy atom. The van der Waals surface area contributed by atoms with Crippen LogP contribution in [0.1, 0.15) is 52.0 Å². The third kappa shape index (κ3) is 9.01. The second-order valence-corrected chi connectivity index (χ2v) is 6.46. The van der Waals surface area contributed by atoms with Gasteiger partial charge in [-0.2, -0.15) is 0 Å². The lowest BCUT2D eigenvalue weighted by Gasteiger charge is -2.28. The van der Waals surface area contributed by atoms with Crippen LogP contribution in [0, 0.1) is 0 Å². The van der Waals surface area contributed by atoms with Crippen molar-refractivity contribution in [3.05, 3.63) is 23.8 Å². The highest BCUT2D eigenvalue weighted by Gasteiger charge is 2.24. The third-order valence-corrected chi connectivity index (χ3v) is 4.23. The molecule has 0 bridgehead atoms. The predicted molar refractivity (Wildman–Crippen MR) is 123 cm³/mol. The van der Waals surface area contributed by atoms with Crippen molar-refractivity contribution >= 4 is 29.9 Å². The number of nitrogens with one attached hydrogen (secondary N) is 2. The molecule has 0 aliphatic carbocycles. The highest BCUT2D eigenvalue weighted by Crippen LogP contribution is 2.27. The lowest BCUT2D eigenvalue weighted by molar-refractivity contribution is 0.0257. The van der Waals surface area contributed by atoms with Gasteiger partial charge >= 0.3 is 0 Å². The number of hydrogen-bond acceptors (Lipinski definition) is 4. The summed E-state index contributed by atoms with van der Waals surface area (Å²) < 4.78 is 10.6. The summed E-state index contributed by atoms with van der Waals surface area (Å²) in [5.74, 6) is 2.10. The summed E-state index contributed by atoms with van der Waals surface area (Å²) in [5.41, 5.74) is 0.334. The zero-order chi connectivity index (χ0) is 19.4. The number of halogens is 1. The van der Waals surface area contributed by atoms with E-state index in [1.54, 1.807) is 14.2 Å². The Morgan fingerprint density at radius 2 is 1.67 bits per heavy atom. The summed E-state index contributed by atoms with van der Waals surface area (Å²) in [5, 5.41) is 17.3. The van der Waals surface area contributed by atoms with Crippen molar-refractivity contribution < 1.29 is 14.6 Å². The first-order valence-corrected chi connectivity index (χ1v) is 9.47. The van der Waals surface area contributed by atoms with Crippen molar-refractivity contribution in [1.82, 2.24) is 10.6 Å². The standard InChI is InChI=1S/C20H35N3O3.HI/c1-6-11-20(24,12-7-2)15-23-19(21-8-3)22-14-16-9-10-17(25-4)18(13-16)26-5;/h9-10,13,24H,6-8,11-12,14-15H2,1-5H3,(H2,21,22,23);1H. The molecule has 0 aliphatic heterocycles. The predicted octanol–water partition coefficient (Wildman–Crippen LogP) is 3.71. The number of aliphatic hydroxyl groups is 1. The molecule has 156 valence electrons. The molecule has 0 unspecified atom stereocenters. The summed E-state index contributed by atoms with van der Waals surface area (Å²) >= 11 is 0. The number of guanidine groups is 1. The molecule has 1 aromatic carbocycles. The lowest BCUT2D eigenvalue weighted by Crippen LogP contribution is -2.47. The fourth-order valence-corrected chi connectivity index (χ4v) is 2.97. The Hall–Kier alpha value is -1.22. The van der Waals surface area contributed by atoms with E-state index in [0.29, 0.717) is 30.5 Å². The topological polar surface area (TPSA) is 75.1 Å². The van der Waals surface area contributed by atoms with Crippen LogP contribution in [0.15, 0.2) is 23.2 Å². The fraction of sp³-hybridized carbons (Fsp3) is 0.650. The molecule has 1 rings (SSSR count). The summed E-state index contributed by atoms with van der Waals surface area (Å²) in [6.07, 6.45) is 3.47. The van der Waals surface area contributed by atoms with Gasteiger partial charge in [0.15, 0.2) is 17.5 Å². The van der Waals surface area contributed by atoms with E-state index < -0.39 is 5.60 Å². The van der Waals surface area contributed by atoms with Crippen molar-refractivity contribution in [3.8, 4) is 11.5 Å². The van der Waals surface area contributed by atoms with E-state index in [1.165, 1.54) is 0 Å². The first-order chi connectivity index (χ1) is 12.5. The molecule has 0 atom stereocenters. The van der Waals surface area contributed by atoms with Gasteiger partial charge in [0.2, 0.25) is 0 Å². The van der Waals surface area contributed by atoms with E-state index in [-0.39, 0.29) is 24.0 Å². The van der Waals surface area contributed by atoms with Crippen LogP contribution in [0.2, 0.25) is 0 Å². The van der Waals surface area contributed by atoms with Gasteiger partial charge in [-0.15, -0.1) is 24.0 Å². The van der Waals surface area contributed by atoms with Gasteiger partial charge in [0, 0.05) is 13.1 Å². The zero-order valence-electron chi connectivity index (χ0n) is 17.3. The molecule has 0 saturated heterocycles. The minimum absolute atomic E-state index is 0. The first kappa shape index (κ1) is 25.8. The van der Waals surface area contributed by atoms with E-state index in [4.69, 9.17) is 9.47 Å². The van der Waals surface area contributed by atoms with Gasteiger partial charge in [0.1, 0.15) is 0 Å². The van der Waals surface area contributed by atoms with Gasteiger partial charge in [-0.05, 0) is 37.5 Å². The molecule has 0 radical (unpaired) electrons. The molecule has 0 spiro atoms. The summed E-state index contributed by atoms with van der Waals surface area (Å²) in [4.78, 5) is 4.62. The van der Waals surface area contributed by atoms with E-state index in [9.17, 15) is 5.11 Å². The van der Waals surface area contributed by atoms with Gasteiger partial charge in [-0.25, -0.2) is 4.99 Å². The summed E-state index contributed by atoms with van der Waals surface area (Å²) in [6, 6.07) is 5.78. The molecule has 0 aromatic heterocycles. The van der Waals surface area contributed by atoms with Crippen LogP contribution in [0.4, 0.5) is 0 Å². The van der Waals surface area contributed by atoms with Gasteiger partial charge < -0.3 is 25.2 Å². The minimum Gasteiger partial charge on any atom is -0.493 e. The maximum Gasteiger partial charge on any atom is 0.191 e. The van der Waals surface area contributed by atoms with Crippen LogP contribution in [-0.2, 0) is 6.54 Å². The van der Waals surface area contributed by atoms with Gasteiger partial charge in [0.05, 0.1) is 26.4 Å². The molecular weight excluding hydrogens is 457 g/mol. The smallest absolute Gasteiger partial charge is 0.191 e. The molecule has 0 aliphatic rings. The maximum atomic E-state index is 10.8. The number of methoxy groups -OCH3 is 2. The summed E-state index contributed by atoms with van der Waals surface area (Å²) in [6.45, 7) is 7.98. The SMILES string of the molecule is CCCC(O)(CCC)CNC(=NCc1ccc(OC)c(OC)c1)NCC.I. The molecule has 0 fully saturated rings. The zero-order valence-corrected chi connectivity index (χ0v) is 19.6. The summed E-state index contributed by atoms with van der Waals surface area (Å²) in [7, 11) is 3.25. The van der Waals surface area contributed by atoms with Crippen molar-refractivity contribution in [2.24, 2.45) is 4.99 Å². The van der Waals surface area contributed by atoms with Gasteiger partial charge in [-0.1, -0.05) is 32.8 Å². The van der Waals surface area contributed by atoms with Crippen molar-refractivity contribution in [2.75, 3.05) is 27.3 Å². The molecular formula is C20H36IN3O3. The third-order valence-electron chi connectivity index (χ3n) is 4.23. The highest BCUT2D eigenvalue weighted by atomic mass is 127. The van der Waals surface area contributed by atoms with E-state index in [2.05, 4.69) is 29.5 Å². The van der Waals surface area contributed by atoms with E-state index in [0.717, 1.165) is 37.8 Å². The maximum absolute atomic E-state index is 10.8. The number of aliphatic imine (C=N–C) groups is 1. The Bertz CT molecular complexity index is 561. The normalized spacial score (nSPS) is 11.6. The number of benzene rings is 1.